The number of aromatic nitrogens is 2. The molecule has 0 spiro atoms. The zero-order valence-electron chi connectivity index (χ0n) is 15.9. The largest absolute Gasteiger partial charge is 0.469 e. The number of hydrogen-bond donors (Lipinski definition) is 2. The number of nitrogens with zero attached hydrogens (tertiary/aromatic N) is 2. The lowest BCUT2D eigenvalue weighted by atomic mass is 9.87. The first kappa shape index (κ1) is 18.9. The smallest absolute Gasteiger partial charge is 0.246 e. The van der Waals surface area contributed by atoms with Gasteiger partial charge in [-0.25, -0.2) is 0 Å². The fraction of sp³-hybridized carbons (Fsp3) is 0.333. The van der Waals surface area contributed by atoms with Crippen molar-refractivity contribution < 1.29 is 18.5 Å². The van der Waals surface area contributed by atoms with Crippen LogP contribution in [0.15, 0.2) is 57.7 Å². The fourth-order valence-corrected chi connectivity index (χ4v) is 3.58. The third kappa shape index (κ3) is 4.71. The van der Waals surface area contributed by atoms with Crippen LogP contribution in [-0.4, -0.2) is 27.5 Å². The standard InChI is InChI=1S/C21H22N4O4/c26-17(22-14-19-23-20(25-29-19)15-5-2-1-3-6-15)8-10-21(11-9-18(27)24-21)13-16-7-4-12-28-16/h1-7,12H,8-11,13-14H2,(H,22,26)(H,24,27)/t21-/m1/s1. The number of nitrogens with one attached hydrogen (secondary N) is 2. The van der Waals surface area contributed by atoms with Crippen LogP contribution in [0.1, 0.15) is 37.3 Å². The lowest BCUT2D eigenvalue weighted by Gasteiger charge is -2.28. The van der Waals surface area contributed by atoms with E-state index in [1.807, 2.05) is 42.5 Å². The van der Waals surface area contributed by atoms with Crippen molar-refractivity contribution in [2.24, 2.45) is 0 Å². The molecule has 150 valence electrons. The van der Waals surface area contributed by atoms with E-state index in [1.165, 1.54) is 0 Å². The van der Waals surface area contributed by atoms with Crippen molar-refractivity contribution in [1.82, 2.24) is 20.8 Å². The van der Waals surface area contributed by atoms with Gasteiger partial charge in [0, 0.05) is 30.4 Å². The predicted octanol–water partition coefficient (Wildman–Crippen LogP) is 2.62. The number of amides is 2. The van der Waals surface area contributed by atoms with Gasteiger partial charge in [-0.2, -0.15) is 4.98 Å². The summed E-state index contributed by atoms with van der Waals surface area (Å²) in [7, 11) is 0. The molecule has 3 aromatic rings. The third-order valence-electron chi connectivity index (χ3n) is 5.10. The Morgan fingerprint density at radius 2 is 2.07 bits per heavy atom. The average Bonchev–Trinajstić information content (AvgIpc) is 3.48. The van der Waals surface area contributed by atoms with Gasteiger partial charge in [-0.05, 0) is 25.0 Å². The third-order valence-corrected chi connectivity index (χ3v) is 5.10. The van der Waals surface area contributed by atoms with Gasteiger partial charge in [-0.15, -0.1) is 0 Å². The predicted molar refractivity (Wildman–Crippen MR) is 103 cm³/mol. The SMILES string of the molecule is O=C(CC[C@]1(Cc2ccco2)CCC(=O)N1)NCc1nc(-c2ccccc2)no1. The Kier molecular flexibility index (Phi) is 5.41. The second-order valence-electron chi connectivity index (χ2n) is 7.24. The van der Waals surface area contributed by atoms with Crippen molar-refractivity contribution >= 4 is 11.8 Å². The quantitative estimate of drug-likeness (QED) is 0.608. The second kappa shape index (κ2) is 8.30. The number of carbonyl (C=O) groups excluding carboxylic acids is 2. The molecule has 1 aromatic carbocycles. The number of rotatable bonds is 8. The molecular weight excluding hydrogens is 372 g/mol. The summed E-state index contributed by atoms with van der Waals surface area (Å²) in [6.45, 7) is 0.163. The molecule has 4 rings (SSSR count). The van der Waals surface area contributed by atoms with Crippen LogP contribution in [-0.2, 0) is 22.6 Å². The van der Waals surface area contributed by atoms with E-state index >= 15 is 0 Å². The molecule has 29 heavy (non-hydrogen) atoms. The van der Waals surface area contributed by atoms with Crippen molar-refractivity contribution in [3.05, 3.63) is 60.4 Å². The summed E-state index contributed by atoms with van der Waals surface area (Å²) in [5.41, 5.74) is 0.405. The van der Waals surface area contributed by atoms with Crippen molar-refractivity contribution in [3.63, 3.8) is 0 Å². The zero-order valence-corrected chi connectivity index (χ0v) is 15.9. The molecule has 2 N–H and O–H groups in total. The minimum absolute atomic E-state index is 0.0104. The van der Waals surface area contributed by atoms with Crippen molar-refractivity contribution in [2.75, 3.05) is 0 Å². The molecule has 0 unspecified atom stereocenters. The average molecular weight is 394 g/mol. The number of furan rings is 1. The number of hydrogen-bond acceptors (Lipinski definition) is 6. The van der Waals surface area contributed by atoms with Crippen LogP contribution in [0.5, 0.6) is 0 Å². The molecule has 1 saturated heterocycles. The highest BCUT2D eigenvalue weighted by molar-refractivity contribution is 5.80. The Morgan fingerprint density at radius 1 is 1.21 bits per heavy atom. The highest BCUT2D eigenvalue weighted by atomic mass is 16.5. The number of carbonyl (C=O) groups is 2. The lowest BCUT2D eigenvalue weighted by Crippen LogP contribution is -2.44. The van der Waals surface area contributed by atoms with Gasteiger partial charge in [0.1, 0.15) is 5.76 Å². The highest BCUT2D eigenvalue weighted by Gasteiger charge is 2.38. The van der Waals surface area contributed by atoms with Gasteiger partial charge in [-0.3, -0.25) is 9.59 Å². The fourth-order valence-electron chi connectivity index (χ4n) is 3.58. The summed E-state index contributed by atoms with van der Waals surface area (Å²) in [6, 6.07) is 13.2. The van der Waals surface area contributed by atoms with Crippen molar-refractivity contribution in [3.8, 4) is 11.4 Å². The van der Waals surface area contributed by atoms with Gasteiger partial charge < -0.3 is 19.6 Å². The molecule has 2 amide bonds. The van der Waals surface area contributed by atoms with E-state index < -0.39 is 5.54 Å². The monoisotopic (exact) mass is 394 g/mol. The maximum Gasteiger partial charge on any atom is 0.246 e. The zero-order chi connectivity index (χ0) is 20.1. The van der Waals surface area contributed by atoms with E-state index in [-0.39, 0.29) is 24.8 Å². The molecule has 2 aromatic heterocycles. The van der Waals surface area contributed by atoms with E-state index in [0.29, 0.717) is 37.4 Å². The summed E-state index contributed by atoms with van der Waals surface area (Å²) in [5, 5.41) is 9.78. The van der Waals surface area contributed by atoms with Gasteiger partial charge in [-0.1, -0.05) is 35.5 Å². The van der Waals surface area contributed by atoms with Crippen LogP contribution in [0.25, 0.3) is 11.4 Å². The first-order valence-corrected chi connectivity index (χ1v) is 9.60. The molecule has 1 atom stereocenters. The molecular formula is C21H22N4O4. The topological polar surface area (TPSA) is 110 Å². The molecule has 8 heteroatoms. The Morgan fingerprint density at radius 3 is 2.79 bits per heavy atom. The van der Waals surface area contributed by atoms with Gasteiger partial charge in [0.2, 0.25) is 23.5 Å². The summed E-state index contributed by atoms with van der Waals surface area (Å²) in [4.78, 5) is 28.4. The van der Waals surface area contributed by atoms with Crippen LogP contribution in [0.3, 0.4) is 0 Å². The van der Waals surface area contributed by atoms with Crippen molar-refractivity contribution in [1.29, 1.82) is 0 Å². The van der Waals surface area contributed by atoms with E-state index in [9.17, 15) is 9.59 Å². The van der Waals surface area contributed by atoms with Crippen LogP contribution in [0, 0.1) is 0 Å². The first-order valence-electron chi connectivity index (χ1n) is 9.60. The minimum atomic E-state index is -0.447. The van der Waals surface area contributed by atoms with E-state index in [0.717, 1.165) is 11.3 Å². The molecule has 3 heterocycles. The first-order chi connectivity index (χ1) is 14.1. The Balaban J connectivity index is 1.30. The molecule has 8 nitrogen and oxygen atoms in total. The van der Waals surface area contributed by atoms with Crippen molar-refractivity contribution in [2.45, 2.75) is 44.2 Å². The molecule has 1 aliphatic heterocycles. The minimum Gasteiger partial charge on any atom is -0.469 e. The lowest BCUT2D eigenvalue weighted by molar-refractivity contribution is -0.123. The number of benzene rings is 1. The summed E-state index contributed by atoms with van der Waals surface area (Å²) < 4.78 is 10.6. The molecule has 0 bridgehead atoms. The van der Waals surface area contributed by atoms with Gasteiger partial charge >= 0.3 is 0 Å². The Hall–Kier alpha value is -3.42. The molecule has 0 radical (unpaired) electrons. The normalized spacial score (nSPS) is 18.6. The summed E-state index contributed by atoms with van der Waals surface area (Å²) >= 11 is 0. The van der Waals surface area contributed by atoms with Crippen LogP contribution >= 0.6 is 0 Å². The Labute approximate surface area is 167 Å². The summed E-state index contributed by atoms with van der Waals surface area (Å²) in [6.07, 6.45) is 4.14. The second-order valence-corrected chi connectivity index (χ2v) is 7.24. The van der Waals surface area contributed by atoms with Gasteiger partial charge in [0.25, 0.3) is 0 Å². The van der Waals surface area contributed by atoms with Gasteiger partial charge in [0.15, 0.2) is 0 Å². The molecule has 0 aliphatic carbocycles. The Bertz CT molecular complexity index is 968. The van der Waals surface area contributed by atoms with Crippen LogP contribution in [0.4, 0.5) is 0 Å². The maximum atomic E-state index is 12.3. The molecule has 0 saturated carbocycles. The van der Waals surface area contributed by atoms with Gasteiger partial charge in [0.05, 0.1) is 12.8 Å². The van der Waals surface area contributed by atoms with E-state index in [4.69, 9.17) is 8.94 Å². The molecule has 1 fully saturated rings. The highest BCUT2D eigenvalue weighted by Crippen LogP contribution is 2.29. The van der Waals surface area contributed by atoms with E-state index in [1.54, 1.807) is 6.26 Å². The van der Waals surface area contributed by atoms with Crippen LogP contribution < -0.4 is 10.6 Å². The van der Waals surface area contributed by atoms with E-state index in [2.05, 4.69) is 20.8 Å². The van der Waals surface area contributed by atoms with Crippen LogP contribution in [0.2, 0.25) is 0 Å². The maximum absolute atomic E-state index is 12.3. The molecule has 1 aliphatic rings. The summed E-state index contributed by atoms with van der Waals surface area (Å²) in [5.74, 6) is 1.50.